The van der Waals surface area contributed by atoms with Gasteiger partial charge in [0.05, 0.1) is 22.6 Å². The third-order valence-corrected chi connectivity index (χ3v) is 7.25. The van der Waals surface area contributed by atoms with Gasteiger partial charge in [-0.25, -0.2) is 0 Å². The van der Waals surface area contributed by atoms with E-state index in [-0.39, 0.29) is 28.8 Å². The quantitative estimate of drug-likeness (QED) is 0.582. The number of hydrogen-bond acceptors (Lipinski definition) is 3. The molecule has 3 nitrogen and oxygen atoms in total. The number of hydrogen-bond donors (Lipinski definition) is 0. The highest BCUT2D eigenvalue weighted by atomic mass is 16.7. The van der Waals surface area contributed by atoms with Gasteiger partial charge in [0, 0.05) is 22.5 Å². The molecule has 0 aromatic heterocycles. The molecule has 0 spiro atoms. The van der Waals surface area contributed by atoms with Gasteiger partial charge < -0.3 is 9.47 Å². The predicted molar refractivity (Wildman–Crippen MR) is 122 cm³/mol. The molecule has 2 aliphatic heterocycles. The number of fused-ring (bicyclic) bond motifs is 3. The second-order valence-electron chi connectivity index (χ2n) is 9.73. The summed E-state index contributed by atoms with van der Waals surface area (Å²) in [5, 5.41) is 0. The second kappa shape index (κ2) is 6.50. The Hall–Kier alpha value is -2.49. The molecule has 0 N–H and O–H groups in total. The van der Waals surface area contributed by atoms with Gasteiger partial charge in [0.15, 0.2) is 6.29 Å². The summed E-state index contributed by atoms with van der Waals surface area (Å²) >= 11 is 0. The largest absolute Gasteiger partial charge is 0.339 e. The van der Waals surface area contributed by atoms with Crippen LogP contribution in [-0.4, -0.2) is 16.9 Å². The van der Waals surface area contributed by atoms with Crippen molar-refractivity contribution in [2.45, 2.75) is 52.1 Å². The van der Waals surface area contributed by atoms with Crippen LogP contribution in [0, 0.1) is 11.3 Å². The lowest BCUT2D eigenvalue weighted by Gasteiger charge is -2.40. The van der Waals surface area contributed by atoms with E-state index in [0.717, 1.165) is 22.5 Å². The van der Waals surface area contributed by atoms with Crippen LogP contribution >= 0.6 is 0 Å². The van der Waals surface area contributed by atoms with Crippen molar-refractivity contribution in [3.63, 3.8) is 0 Å². The molecule has 0 amide bonds. The first-order valence-corrected chi connectivity index (χ1v) is 10.7. The maximum Gasteiger partial charge on any atom is 0.185 e. The molecule has 2 unspecified atom stereocenters. The topological polar surface area (TPSA) is 30.8 Å². The van der Waals surface area contributed by atoms with Crippen LogP contribution in [0.1, 0.15) is 52.0 Å². The Bertz CT molecular complexity index is 1050. The van der Waals surface area contributed by atoms with Crippen LogP contribution in [0.5, 0.6) is 0 Å². The Balaban J connectivity index is 1.51. The Labute approximate surface area is 179 Å². The smallest absolute Gasteiger partial charge is 0.185 e. The van der Waals surface area contributed by atoms with E-state index in [1.54, 1.807) is 0 Å². The van der Waals surface area contributed by atoms with E-state index in [1.165, 1.54) is 5.57 Å². The molecule has 30 heavy (non-hydrogen) atoms. The van der Waals surface area contributed by atoms with Gasteiger partial charge in [0.25, 0.3) is 0 Å². The fourth-order valence-electron chi connectivity index (χ4n) is 4.57. The summed E-state index contributed by atoms with van der Waals surface area (Å²) in [5.74, 6) is 0.286. The maximum absolute atomic E-state index is 6.21. The fourth-order valence-corrected chi connectivity index (χ4v) is 4.57. The molecule has 0 radical (unpaired) electrons. The van der Waals surface area contributed by atoms with Gasteiger partial charge in [-0.1, -0.05) is 66.8 Å². The summed E-state index contributed by atoms with van der Waals surface area (Å²) in [4.78, 5) is 5.11. The molecule has 1 aromatic carbocycles. The Morgan fingerprint density at radius 3 is 2.17 bits per heavy atom. The average Bonchev–Trinajstić information content (AvgIpc) is 2.95. The lowest BCUT2D eigenvalue weighted by atomic mass is 9.65. The molecule has 4 aliphatic rings. The Morgan fingerprint density at radius 2 is 1.47 bits per heavy atom. The molecule has 5 rings (SSSR count). The van der Waals surface area contributed by atoms with Crippen LogP contribution in [0.2, 0.25) is 0 Å². The number of ether oxygens (including phenoxy) is 2. The van der Waals surface area contributed by atoms with Crippen LogP contribution in [0.25, 0.3) is 5.70 Å². The van der Waals surface area contributed by atoms with Gasteiger partial charge in [0.1, 0.15) is 0 Å². The summed E-state index contributed by atoms with van der Waals surface area (Å²) in [6.45, 7) is 10.6. The molecule has 154 valence electrons. The number of benzene rings is 1. The normalized spacial score (nSPS) is 31.0. The minimum atomic E-state index is -0.348. The lowest BCUT2D eigenvalue weighted by molar-refractivity contribution is -0.0895. The zero-order valence-corrected chi connectivity index (χ0v) is 18.3. The van der Waals surface area contributed by atoms with Gasteiger partial charge in [-0.2, -0.15) is 0 Å². The van der Waals surface area contributed by atoms with Crippen LogP contribution in [0.3, 0.4) is 0 Å². The summed E-state index contributed by atoms with van der Waals surface area (Å²) in [7, 11) is 0. The number of aliphatic imine (C=N–C) groups is 1. The van der Waals surface area contributed by atoms with E-state index < -0.39 is 0 Å². The monoisotopic (exact) mass is 399 g/mol. The summed E-state index contributed by atoms with van der Waals surface area (Å²) in [6.07, 6.45) is 17.0. The maximum atomic E-state index is 6.21. The standard InChI is InChI=1S/C27H29NO2/c1-25(2)26(3,4)30-24(29-25)19-15-13-18(14-16-19)23-20-10-6-7-11-21(20)27(5)17-9-8-12-22(27)28-23/h6-17,21,24H,1-5H3. The fraction of sp³-hybridized carbons (Fsp3) is 0.370. The highest BCUT2D eigenvalue weighted by Crippen LogP contribution is 2.48. The Morgan fingerprint density at radius 1 is 0.800 bits per heavy atom. The van der Waals surface area contributed by atoms with Crippen molar-refractivity contribution in [3.05, 3.63) is 89.6 Å². The first-order chi connectivity index (χ1) is 14.2. The first kappa shape index (κ1) is 19.5. The molecule has 1 saturated heterocycles. The van der Waals surface area contributed by atoms with Crippen LogP contribution < -0.4 is 0 Å². The Kier molecular flexibility index (Phi) is 4.22. The highest BCUT2D eigenvalue weighted by molar-refractivity contribution is 6.07. The predicted octanol–water partition coefficient (Wildman–Crippen LogP) is 6.33. The average molecular weight is 400 g/mol. The SMILES string of the molecule is CC12C=CC=CC1=NC(c1ccc(C3OC(C)(C)C(C)(C)O3)cc1)=C1C=CC=CC12. The molecular weight excluding hydrogens is 370 g/mol. The minimum absolute atomic E-state index is 0.0997. The molecule has 2 atom stereocenters. The van der Waals surface area contributed by atoms with Crippen LogP contribution in [-0.2, 0) is 9.47 Å². The van der Waals surface area contributed by atoms with Gasteiger partial charge >= 0.3 is 0 Å². The van der Waals surface area contributed by atoms with Crippen LogP contribution in [0.4, 0.5) is 0 Å². The van der Waals surface area contributed by atoms with E-state index in [9.17, 15) is 0 Å². The lowest BCUT2D eigenvalue weighted by Crippen LogP contribution is -2.41. The van der Waals surface area contributed by atoms with Crippen molar-refractivity contribution >= 4 is 11.4 Å². The summed E-state index contributed by atoms with van der Waals surface area (Å²) < 4.78 is 12.4. The van der Waals surface area contributed by atoms with Crippen molar-refractivity contribution < 1.29 is 9.47 Å². The zero-order chi connectivity index (χ0) is 21.1. The summed E-state index contributed by atoms with van der Waals surface area (Å²) in [5.41, 5.74) is 4.81. The second-order valence-corrected chi connectivity index (χ2v) is 9.73. The van der Waals surface area contributed by atoms with Crippen molar-refractivity contribution in [2.24, 2.45) is 16.3 Å². The molecule has 3 heteroatoms. The van der Waals surface area contributed by atoms with Crippen molar-refractivity contribution in [1.29, 1.82) is 0 Å². The van der Waals surface area contributed by atoms with Crippen molar-refractivity contribution in [3.8, 4) is 0 Å². The first-order valence-electron chi connectivity index (χ1n) is 10.7. The van der Waals surface area contributed by atoms with E-state index in [1.807, 2.05) is 0 Å². The van der Waals surface area contributed by atoms with Crippen molar-refractivity contribution in [2.75, 3.05) is 0 Å². The van der Waals surface area contributed by atoms with Gasteiger partial charge in [-0.05, 0) is 46.3 Å². The molecule has 2 heterocycles. The molecular formula is C27H29NO2. The van der Waals surface area contributed by atoms with E-state index in [0.29, 0.717) is 0 Å². The van der Waals surface area contributed by atoms with Crippen LogP contribution in [0.15, 0.2) is 83.4 Å². The van der Waals surface area contributed by atoms with E-state index in [2.05, 4.69) is 107 Å². The number of rotatable bonds is 2. The van der Waals surface area contributed by atoms with Gasteiger partial charge in [-0.3, -0.25) is 4.99 Å². The van der Waals surface area contributed by atoms with Gasteiger partial charge in [-0.15, -0.1) is 0 Å². The van der Waals surface area contributed by atoms with E-state index >= 15 is 0 Å². The minimum Gasteiger partial charge on any atom is -0.339 e. The number of allylic oxidation sites excluding steroid dienone is 9. The third kappa shape index (κ3) is 2.84. The highest BCUT2D eigenvalue weighted by Gasteiger charge is 2.49. The molecule has 1 fully saturated rings. The molecule has 0 saturated carbocycles. The molecule has 0 bridgehead atoms. The summed E-state index contributed by atoms with van der Waals surface area (Å²) in [6, 6.07) is 8.49. The number of nitrogens with zero attached hydrogens (tertiary/aromatic N) is 1. The molecule has 1 aromatic rings. The van der Waals surface area contributed by atoms with E-state index in [4.69, 9.17) is 14.5 Å². The zero-order valence-electron chi connectivity index (χ0n) is 18.3. The third-order valence-electron chi connectivity index (χ3n) is 7.25. The van der Waals surface area contributed by atoms with Crippen molar-refractivity contribution in [1.82, 2.24) is 0 Å². The molecule has 2 aliphatic carbocycles. The van der Waals surface area contributed by atoms with Gasteiger partial charge in [0.2, 0.25) is 0 Å².